The quantitative estimate of drug-likeness (QED) is 0.629. The lowest BCUT2D eigenvalue weighted by Crippen LogP contribution is -2.41. The first-order chi connectivity index (χ1) is 11.1. The second-order valence-corrected chi connectivity index (χ2v) is 5.99. The smallest absolute Gasteiger partial charge is 0.191 e. The van der Waals surface area contributed by atoms with E-state index >= 15 is 0 Å². The topological polar surface area (TPSA) is 58.5 Å². The van der Waals surface area contributed by atoms with E-state index in [1.807, 2.05) is 19.4 Å². The molecule has 0 aliphatic rings. The Morgan fingerprint density at radius 2 is 2.09 bits per heavy atom. The fourth-order valence-corrected chi connectivity index (χ4v) is 2.62. The van der Waals surface area contributed by atoms with E-state index in [1.54, 1.807) is 30.5 Å². The maximum Gasteiger partial charge on any atom is 0.191 e. The van der Waals surface area contributed by atoms with Gasteiger partial charge in [0.2, 0.25) is 0 Å². The van der Waals surface area contributed by atoms with Crippen molar-refractivity contribution in [2.75, 3.05) is 13.6 Å². The van der Waals surface area contributed by atoms with Crippen LogP contribution in [0, 0.1) is 12.7 Å². The maximum atomic E-state index is 12.9. The average Bonchev–Trinajstić information content (AvgIpc) is 2.95. The summed E-state index contributed by atoms with van der Waals surface area (Å²) in [6.07, 6.45) is -0.0795. The van der Waals surface area contributed by atoms with Crippen LogP contribution in [0.5, 0.6) is 5.75 Å². The molecule has 1 atom stereocenters. The van der Waals surface area contributed by atoms with Crippen LogP contribution in [0.15, 0.2) is 34.8 Å². The molecule has 0 aliphatic heterocycles. The van der Waals surface area contributed by atoms with E-state index in [4.69, 9.17) is 4.74 Å². The second-order valence-electron chi connectivity index (χ2n) is 5.05. The van der Waals surface area contributed by atoms with Gasteiger partial charge in [0, 0.05) is 11.9 Å². The van der Waals surface area contributed by atoms with Crippen LogP contribution in [-0.4, -0.2) is 30.6 Å². The molecule has 0 saturated carbocycles. The van der Waals surface area contributed by atoms with Crippen LogP contribution in [0.25, 0.3) is 0 Å². The summed E-state index contributed by atoms with van der Waals surface area (Å²) in [6, 6.07) is 6.00. The molecule has 0 radical (unpaired) electrons. The van der Waals surface area contributed by atoms with E-state index in [9.17, 15) is 4.39 Å². The number of hydrogen-bond acceptors (Lipinski definition) is 4. The molecule has 2 rings (SSSR count). The number of ether oxygens (including phenoxy) is 1. The van der Waals surface area contributed by atoms with Crippen molar-refractivity contribution in [2.45, 2.75) is 26.5 Å². The molecular weight excluding hydrogens is 315 g/mol. The van der Waals surface area contributed by atoms with Crippen molar-refractivity contribution in [3.05, 3.63) is 46.2 Å². The highest BCUT2D eigenvalue weighted by atomic mass is 32.1. The maximum absolute atomic E-state index is 12.9. The third-order valence-corrected chi connectivity index (χ3v) is 4.13. The Labute approximate surface area is 139 Å². The minimum atomic E-state index is -0.272. The lowest BCUT2D eigenvalue weighted by molar-refractivity contribution is 0.223. The summed E-state index contributed by atoms with van der Waals surface area (Å²) < 4.78 is 18.6. The molecule has 23 heavy (non-hydrogen) atoms. The van der Waals surface area contributed by atoms with Gasteiger partial charge < -0.3 is 15.4 Å². The van der Waals surface area contributed by atoms with Gasteiger partial charge in [0.05, 0.1) is 24.3 Å². The molecule has 1 heterocycles. The summed E-state index contributed by atoms with van der Waals surface area (Å²) in [7, 11) is 1.72. The number of aryl methyl sites for hydroxylation is 1. The minimum absolute atomic E-state index is 0.0795. The van der Waals surface area contributed by atoms with Gasteiger partial charge in [-0.25, -0.2) is 9.37 Å². The largest absolute Gasteiger partial charge is 0.489 e. The second kappa shape index (κ2) is 8.47. The van der Waals surface area contributed by atoms with Gasteiger partial charge in [-0.3, -0.25) is 4.99 Å². The Morgan fingerprint density at radius 1 is 1.35 bits per heavy atom. The van der Waals surface area contributed by atoms with Gasteiger partial charge in [0.1, 0.15) is 17.7 Å². The monoisotopic (exact) mass is 336 g/mol. The molecule has 2 N–H and O–H groups in total. The van der Waals surface area contributed by atoms with Gasteiger partial charge >= 0.3 is 0 Å². The number of aromatic nitrogens is 1. The highest BCUT2D eigenvalue weighted by Gasteiger charge is 2.07. The molecule has 2 aromatic rings. The van der Waals surface area contributed by atoms with E-state index in [1.165, 1.54) is 17.0 Å². The highest BCUT2D eigenvalue weighted by molar-refractivity contribution is 7.09. The lowest BCUT2D eigenvalue weighted by atomic mass is 10.3. The van der Waals surface area contributed by atoms with Crippen LogP contribution in [0.2, 0.25) is 0 Å². The van der Waals surface area contributed by atoms with Crippen LogP contribution < -0.4 is 15.4 Å². The van der Waals surface area contributed by atoms with Gasteiger partial charge in [-0.15, -0.1) is 11.3 Å². The van der Waals surface area contributed by atoms with E-state index in [-0.39, 0.29) is 11.9 Å². The zero-order chi connectivity index (χ0) is 16.7. The Balaban J connectivity index is 1.76. The van der Waals surface area contributed by atoms with Crippen molar-refractivity contribution < 1.29 is 9.13 Å². The summed E-state index contributed by atoms with van der Waals surface area (Å²) in [5.74, 6) is 1.07. The van der Waals surface area contributed by atoms with Gasteiger partial charge in [-0.05, 0) is 38.1 Å². The van der Waals surface area contributed by atoms with Crippen LogP contribution >= 0.6 is 11.3 Å². The molecule has 0 fully saturated rings. The average molecular weight is 336 g/mol. The van der Waals surface area contributed by atoms with Gasteiger partial charge in [0.15, 0.2) is 5.96 Å². The number of benzene rings is 1. The van der Waals surface area contributed by atoms with Gasteiger partial charge in [0.25, 0.3) is 0 Å². The third-order valence-electron chi connectivity index (χ3n) is 3.19. The molecule has 7 heteroatoms. The van der Waals surface area contributed by atoms with E-state index in [2.05, 4.69) is 20.6 Å². The summed E-state index contributed by atoms with van der Waals surface area (Å²) in [5.41, 5.74) is 2.87. The van der Waals surface area contributed by atoms with E-state index in [0.717, 1.165) is 5.69 Å². The van der Waals surface area contributed by atoms with Gasteiger partial charge in [-0.1, -0.05) is 0 Å². The molecule has 0 spiro atoms. The summed E-state index contributed by atoms with van der Waals surface area (Å²) >= 11 is 1.62. The van der Waals surface area contributed by atoms with Gasteiger partial charge in [-0.2, -0.15) is 0 Å². The number of nitrogens with zero attached hydrogens (tertiary/aromatic N) is 2. The molecule has 1 unspecified atom stereocenters. The fourth-order valence-electron chi connectivity index (χ4n) is 1.91. The minimum Gasteiger partial charge on any atom is -0.489 e. The standard InChI is InChI=1S/C16H21FN4OS/c1-11(22-14-6-4-13(17)5-7-14)8-19-16(18-3)20-9-15-12(2)21-10-23-15/h4-7,10-11H,8-9H2,1-3H3,(H2,18,19,20). The van der Waals surface area contributed by atoms with Crippen molar-refractivity contribution in [3.8, 4) is 5.75 Å². The number of aliphatic imine (C=N–C) groups is 1. The normalized spacial score (nSPS) is 12.8. The number of guanidine groups is 1. The van der Waals surface area contributed by atoms with Crippen LogP contribution in [-0.2, 0) is 6.54 Å². The van der Waals surface area contributed by atoms with Crippen LogP contribution in [0.4, 0.5) is 4.39 Å². The zero-order valence-electron chi connectivity index (χ0n) is 13.5. The first-order valence-electron chi connectivity index (χ1n) is 7.34. The zero-order valence-corrected chi connectivity index (χ0v) is 14.3. The van der Waals surface area contributed by atoms with E-state index in [0.29, 0.717) is 24.8 Å². The molecule has 5 nitrogen and oxygen atoms in total. The summed E-state index contributed by atoms with van der Waals surface area (Å²) in [4.78, 5) is 9.58. The Kier molecular flexibility index (Phi) is 6.34. The van der Waals surface area contributed by atoms with Crippen molar-refractivity contribution >= 4 is 17.3 Å². The molecular formula is C16H21FN4OS. The predicted molar refractivity (Wildman–Crippen MR) is 91.5 cm³/mol. The molecule has 0 saturated heterocycles. The fraction of sp³-hybridized carbons (Fsp3) is 0.375. The summed E-state index contributed by atoms with van der Waals surface area (Å²) in [6.45, 7) is 5.20. The van der Waals surface area contributed by atoms with Crippen molar-refractivity contribution in [3.63, 3.8) is 0 Å². The van der Waals surface area contributed by atoms with E-state index < -0.39 is 0 Å². The first-order valence-corrected chi connectivity index (χ1v) is 8.22. The number of rotatable bonds is 6. The summed E-state index contributed by atoms with van der Waals surface area (Å²) in [5, 5.41) is 6.45. The van der Waals surface area contributed by atoms with Crippen LogP contribution in [0.3, 0.4) is 0 Å². The Morgan fingerprint density at radius 3 is 2.70 bits per heavy atom. The van der Waals surface area contributed by atoms with Crippen molar-refractivity contribution in [1.82, 2.24) is 15.6 Å². The third kappa shape index (κ3) is 5.52. The molecule has 1 aromatic heterocycles. The molecule has 0 amide bonds. The van der Waals surface area contributed by atoms with Crippen molar-refractivity contribution in [1.29, 1.82) is 0 Å². The number of thiazole rings is 1. The van der Waals surface area contributed by atoms with Crippen molar-refractivity contribution in [2.24, 2.45) is 4.99 Å². The Hall–Kier alpha value is -2.15. The first kappa shape index (κ1) is 17.2. The lowest BCUT2D eigenvalue weighted by Gasteiger charge is -2.17. The number of nitrogens with one attached hydrogen (secondary N) is 2. The number of halogens is 1. The molecule has 1 aromatic carbocycles. The highest BCUT2D eigenvalue weighted by Crippen LogP contribution is 2.13. The SMILES string of the molecule is CN=C(NCc1scnc1C)NCC(C)Oc1ccc(F)cc1. The molecule has 0 aliphatic carbocycles. The predicted octanol–water partition coefficient (Wildman–Crippen LogP) is 2.72. The number of hydrogen-bond donors (Lipinski definition) is 2. The Bertz CT molecular complexity index is 642. The molecule has 124 valence electrons. The van der Waals surface area contributed by atoms with Crippen LogP contribution in [0.1, 0.15) is 17.5 Å². The molecule has 0 bridgehead atoms.